The number of benzene rings is 2. The van der Waals surface area contributed by atoms with Crippen LogP contribution in [-0.4, -0.2) is 26.4 Å². The van der Waals surface area contributed by atoms with E-state index in [1.807, 2.05) is 23.6 Å². The zero-order valence-electron chi connectivity index (χ0n) is 16.9. The number of hydrogen-bond donors (Lipinski definition) is 1. The molecule has 30 heavy (non-hydrogen) atoms. The molecule has 0 aliphatic rings. The third kappa shape index (κ3) is 6.14. The summed E-state index contributed by atoms with van der Waals surface area (Å²) >= 11 is 9.04. The first-order valence-electron chi connectivity index (χ1n) is 9.37. The molecule has 2 aromatic carbocycles. The van der Waals surface area contributed by atoms with Crippen molar-refractivity contribution in [1.29, 1.82) is 0 Å². The number of aryl methyl sites for hydroxylation is 2. The van der Waals surface area contributed by atoms with Crippen molar-refractivity contribution in [3.8, 4) is 0 Å². The van der Waals surface area contributed by atoms with Crippen LogP contribution in [0.25, 0.3) is 0 Å². The van der Waals surface area contributed by atoms with Gasteiger partial charge in [0.15, 0.2) is 5.16 Å². The molecule has 0 spiro atoms. The fourth-order valence-electron chi connectivity index (χ4n) is 2.71. The maximum absolute atomic E-state index is 12.4. The first-order chi connectivity index (χ1) is 14.5. The van der Waals surface area contributed by atoms with E-state index in [0.29, 0.717) is 22.5 Å². The second-order valence-corrected chi connectivity index (χ2v) is 9.12. The number of hydrogen-bond acceptors (Lipinski definition) is 5. The Morgan fingerprint density at radius 1 is 1.17 bits per heavy atom. The predicted octanol–water partition coefficient (Wildman–Crippen LogP) is 5.76. The molecule has 0 radical (unpaired) electrons. The highest BCUT2D eigenvalue weighted by molar-refractivity contribution is 7.99. The molecule has 0 saturated heterocycles. The van der Waals surface area contributed by atoms with Crippen LogP contribution in [0.3, 0.4) is 0 Å². The van der Waals surface area contributed by atoms with E-state index in [9.17, 15) is 4.79 Å². The fourth-order valence-corrected chi connectivity index (χ4v) is 4.54. The largest absolute Gasteiger partial charge is 0.325 e. The van der Waals surface area contributed by atoms with Crippen LogP contribution in [0.1, 0.15) is 17.0 Å². The van der Waals surface area contributed by atoms with E-state index >= 15 is 0 Å². The summed E-state index contributed by atoms with van der Waals surface area (Å²) in [6, 6.07) is 13.8. The standard InChI is InChI=1S/C22H23ClN4OS2/c1-4-11-27-20(13-29-18-8-5-15(2)6-9-18)25-26-22(27)30-14-21(28)24-19-10-7-17(23)12-16(19)3/h4-10,12H,1,11,13-14H2,2-3H3,(H,24,28). The van der Waals surface area contributed by atoms with Crippen molar-refractivity contribution < 1.29 is 4.79 Å². The van der Waals surface area contributed by atoms with Crippen LogP contribution in [-0.2, 0) is 17.1 Å². The van der Waals surface area contributed by atoms with Crippen LogP contribution in [0.4, 0.5) is 5.69 Å². The number of thioether (sulfide) groups is 2. The Morgan fingerprint density at radius 2 is 1.93 bits per heavy atom. The summed E-state index contributed by atoms with van der Waals surface area (Å²) in [5.41, 5.74) is 2.92. The van der Waals surface area contributed by atoms with Crippen molar-refractivity contribution in [2.45, 2.75) is 36.2 Å². The number of nitrogens with zero attached hydrogens (tertiary/aromatic N) is 3. The third-order valence-electron chi connectivity index (χ3n) is 4.29. The number of aromatic nitrogens is 3. The highest BCUT2D eigenvalue weighted by Gasteiger charge is 2.14. The number of carbonyl (C=O) groups excluding carboxylic acids is 1. The minimum Gasteiger partial charge on any atom is -0.325 e. The van der Waals surface area contributed by atoms with E-state index in [2.05, 4.69) is 53.3 Å². The second-order valence-electron chi connectivity index (χ2n) is 6.70. The molecular formula is C22H23ClN4OS2. The van der Waals surface area contributed by atoms with E-state index < -0.39 is 0 Å². The van der Waals surface area contributed by atoms with Gasteiger partial charge in [0.2, 0.25) is 5.91 Å². The molecule has 0 fully saturated rings. The van der Waals surface area contributed by atoms with Crippen molar-refractivity contribution in [3.63, 3.8) is 0 Å². The van der Waals surface area contributed by atoms with Crippen molar-refractivity contribution in [2.24, 2.45) is 0 Å². The monoisotopic (exact) mass is 458 g/mol. The van der Waals surface area contributed by atoms with E-state index in [0.717, 1.165) is 17.1 Å². The number of halogens is 1. The van der Waals surface area contributed by atoms with Gasteiger partial charge in [0, 0.05) is 22.2 Å². The summed E-state index contributed by atoms with van der Waals surface area (Å²) in [5.74, 6) is 1.69. The lowest BCUT2D eigenvalue weighted by atomic mass is 10.2. The van der Waals surface area contributed by atoms with Crippen molar-refractivity contribution in [3.05, 3.63) is 77.1 Å². The van der Waals surface area contributed by atoms with Gasteiger partial charge in [0.05, 0.1) is 11.5 Å². The van der Waals surface area contributed by atoms with Gasteiger partial charge in [0.1, 0.15) is 5.82 Å². The number of rotatable bonds is 9. The maximum Gasteiger partial charge on any atom is 0.234 e. The molecule has 5 nitrogen and oxygen atoms in total. The fraction of sp³-hybridized carbons (Fsp3) is 0.227. The summed E-state index contributed by atoms with van der Waals surface area (Å²) in [5, 5.41) is 12.9. The van der Waals surface area contributed by atoms with Crippen LogP contribution < -0.4 is 5.32 Å². The van der Waals surface area contributed by atoms with Crippen molar-refractivity contribution >= 4 is 46.7 Å². The molecular weight excluding hydrogens is 436 g/mol. The molecule has 1 N–H and O–H groups in total. The Hall–Kier alpha value is -2.22. The quantitative estimate of drug-likeness (QED) is 0.326. The van der Waals surface area contributed by atoms with Gasteiger partial charge < -0.3 is 9.88 Å². The lowest BCUT2D eigenvalue weighted by Crippen LogP contribution is -2.15. The lowest BCUT2D eigenvalue weighted by molar-refractivity contribution is -0.113. The van der Waals surface area contributed by atoms with Crippen LogP contribution in [0.5, 0.6) is 0 Å². The second kappa shape index (κ2) is 10.7. The molecule has 0 saturated carbocycles. The number of amides is 1. The summed E-state index contributed by atoms with van der Waals surface area (Å²) in [6.07, 6.45) is 1.81. The Morgan fingerprint density at radius 3 is 2.63 bits per heavy atom. The van der Waals surface area contributed by atoms with Crippen LogP contribution >= 0.6 is 35.1 Å². The van der Waals surface area contributed by atoms with Crippen LogP contribution in [0.2, 0.25) is 5.02 Å². The van der Waals surface area contributed by atoms with Crippen LogP contribution in [0.15, 0.2) is 65.2 Å². The Balaban J connectivity index is 1.61. The Kier molecular flexibility index (Phi) is 8.01. The number of anilines is 1. The van der Waals surface area contributed by atoms with Gasteiger partial charge in [-0.1, -0.05) is 47.1 Å². The third-order valence-corrected chi connectivity index (χ3v) is 6.50. The average molecular weight is 459 g/mol. The molecule has 1 heterocycles. The van der Waals surface area contributed by atoms with Gasteiger partial charge in [-0.05, 0) is 49.7 Å². The highest BCUT2D eigenvalue weighted by Crippen LogP contribution is 2.25. The van der Waals surface area contributed by atoms with E-state index in [1.165, 1.54) is 22.2 Å². The van der Waals surface area contributed by atoms with E-state index in [4.69, 9.17) is 11.6 Å². The van der Waals surface area contributed by atoms with Gasteiger partial charge in [-0.2, -0.15) is 0 Å². The molecule has 3 rings (SSSR count). The van der Waals surface area contributed by atoms with Gasteiger partial charge >= 0.3 is 0 Å². The summed E-state index contributed by atoms with van der Waals surface area (Å²) < 4.78 is 2.00. The molecule has 0 aliphatic carbocycles. The molecule has 0 unspecified atom stereocenters. The van der Waals surface area contributed by atoms with E-state index in [-0.39, 0.29) is 11.7 Å². The number of allylic oxidation sites excluding steroid dienone is 1. The van der Waals surface area contributed by atoms with Crippen molar-refractivity contribution in [1.82, 2.24) is 14.8 Å². The minimum absolute atomic E-state index is 0.103. The van der Waals surface area contributed by atoms with Gasteiger partial charge in [-0.15, -0.1) is 28.5 Å². The highest BCUT2D eigenvalue weighted by atomic mass is 35.5. The Bertz CT molecular complexity index is 1030. The molecule has 1 aromatic heterocycles. The van der Waals surface area contributed by atoms with Gasteiger partial charge in [0.25, 0.3) is 0 Å². The van der Waals surface area contributed by atoms with E-state index in [1.54, 1.807) is 23.9 Å². The topological polar surface area (TPSA) is 59.8 Å². The summed E-state index contributed by atoms with van der Waals surface area (Å²) in [7, 11) is 0. The molecule has 1 amide bonds. The molecule has 3 aromatic rings. The normalized spacial score (nSPS) is 10.8. The summed E-state index contributed by atoms with van der Waals surface area (Å²) in [6.45, 7) is 8.41. The molecule has 0 atom stereocenters. The SMILES string of the molecule is C=CCn1c(CSc2ccc(C)cc2)nnc1SCC(=O)Nc1ccc(Cl)cc1C. The Labute approximate surface area is 190 Å². The first-order valence-corrected chi connectivity index (χ1v) is 11.7. The number of nitrogens with one attached hydrogen (secondary N) is 1. The first kappa shape index (κ1) is 22.5. The maximum atomic E-state index is 12.4. The molecule has 0 aliphatic heterocycles. The van der Waals surface area contributed by atoms with Crippen LogP contribution in [0, 0.1) is 13.8 Å². The predicted molar refractivity (Wildman–Crippen MR) is 127 cm³/mol. The minimum atomic E-state index is -0.103. The van der Waals surface area contributed by atoms with Crippen molar-refractivity contribution in [2.75, 3.05) is 11.1 Å². The molecule has 8 heteroatoms. The van der Waals surface area contributed by atoms with Gasteiger partial charge in [-0.3, -0.25) is 4.79 Å². The zero-order valence-corrected chi connectivity index (χ0v) is 19.3. The summed E-state index contributed by atoms with van der Waals surface area (Å²) in [4.78, 5) is 13.6. The lowest BCUT2D eigenvalue weighted by Gasteiger charge is -2.10. The van der Waals surface area contributed by atoms with Gasteiger partial charge in [-0.25, -0.2) is 0 Å². The molecule has 156 valence electrons. The molecule has 0 bridgehead atoms. The number of carbonyl (C=O) groups is 1. The smallest absolute Gasteiger partial charge is 0.234 e. The zero-order chi connectivity index (χ0) is 21.5. The average Bonchev–Trinajstić information content (AvgIpc) is 3.10.